The second-order valence-electron chi connectivity index (χ2n) is 4.33. The van der Waals surface area contributed by atoms with Gasteiger partial charge in [-0.2, -0.15) is 0 Å². The Balaban J connectivity index is 0.00000225. The number of likely N-dealkylation sites (tertiary alicyclic amines) is 1. The Kier molecular flexibility index (Phi) is 5.75. The van der Waals surface area contributed by atoms with Gasteiger partial charge in [0.1, 0.15) is 0 Å². The van der Waals surface area contributed by atoms with Crippen molar-refractivity contribution in [2.45, 2.75) is 32.4 Å². The Morgan fingerprint density at radius 3 is 2.50 bits per heavy atom. The lowest BCUT2D eigenvalue weighted by atomic mass is 10.0. The zero-order chi connectivity index (χ0) is 11.6. The van der Waals surface area contributed by atoms with Crippen LogP contribution < -0.4 is 11.1 Å². The molecular formula is C10H20ClN3O2. The summed E-state index contributed by atoms with van der Waals surface area (Å²) in [6.07, 6.45) is 0.397. The Morgan fingerprint density at radius 1 is 1.56 bits per heavy atom. The van der Waals surface area contributed by atoms with E-state index in [9.17, 15) is 9.59 Å². The van der Waals surface area contributed by atoms with E-state index in [2.05, 4.69) is 5.32 Å². The zero-order valence-corrected chi connectivity index (χ0v) is 10.7. The van der Waals surface area contributed by atoms with Crippen LogP contribution in [0.25, 0.3) is 0 Å². The van der Waals surface area contributed by atoms with E-state index in [0.29, 0.717) is 13.0 Å². The van der Waals surface area contributed by atoms with Crippen molar-refractivity contribution in [2.75, 3.05) is 13.6 Å². The summed E-state index contributed by atoms with van der Waals surface area (Å²) < 4.78 is 0. The molecule has 0 aliphatic carbocycles. The Hall–Kier alpha value is -0.810. The van der Waals surface area contributed by atoms with Crippen molar-refractivity contribution >= 4 is 24.2 Å². The van der Waals surface area contributed by atoms with E-state index in [1.807, 2.05) is 0 Å². The van der Waals surface area contributed by atoms with Gasteiger partial charge in [0.2, 0.25) is 11.8 Å². The molecule has 0 aromatic rings. The summed E-state index contributed by atoms with van der Waals surface area (Å²) in [7, 11) is 1.74. The summed E-state index contributed by atoms with van der Waals surface area (Å²) in [5, 5.41) is 2.84. The maximum absolute atomic E-state index is 11.6. The van der Waals surface area contributed by atoms with E-state index in [1.165, 1.54) is 0 Å². The van der Waals surface area contributed by atoms with Crippen molar-refractivity contribution in [2.24, 2.45) is 11.7 Å². The number of amides is 2. The third kappa shape index (κ3) is 3.64. The van der Waals surface area contributed by atoms with Crippen LogP contribution in [-0.4, -0.2) is 42.4 Å². The van der Waals surface area contributed by atoms with E-state index in [-0.39, 0.29) is 42.2 Å². The number of likely N-dealkylation sites (N-methyl/N-ethyl adjacent to an activating group) is 1. The van der Waals surface area contributed by atoms with Gasteiger partial charge in [0, 0.05) is 32.0 Å². The molecule has 0 aromatic heterocycles. The normalized spacial score (nSPS) is 23.6. The number of hydrogen-bond donors (Lipinski definition) is 2. The molecule has 3 unspecified atom stereocenters. The molecule has 2 amide bonds. The molecule has 6 heteroatoms. The summed E-state index contributed by atoms with van der Waals surface area (Å²) in [4.78, 5) is 24.5. The largest absolute Gasteiger partial charge is 0.351 e. The van der Waals surface area contributed by atoms with Crippen molar-refractivity contribution in [3.8, 4) is 0 Å². The van der Waals surface area contributed by atoms with E-state index in [0.717, 1.165) is 0 Å². The van der Waals surface area contributed by atoms with E-state index >= 15 is 0 Å². The number of nitrogens with zero attached hydrogens (tertiary/aromatic N) is 1. The molecule has 0 aromatic carbocycles. The molecule has 94 valence electrons. The first kappa shape index (κ1) is 15.2. The molecule has 0 spiro atoms. The van der Waals surface area contributed by atoms with Crippen LogP contribution in [0.1, 0.15) is 20.3 Å². The molecule has 0 bridgehead atoms. The van der Waals surface area contributed by atoms with E-state index in [1.54, 1.807) is 25.8 Å². The summed E-state index contributed by atoms with van der Waals surface area (Å²) in [5.41, 5.74) is 5.63. The maximum atomic E-state index is 11.6. The fourth-order valence-corrected chi connectivity index (χ4v) is 1.53. The van der Waals surface area contributed by atoms with Crippen LogP contribution in [0.2, 0.25) is 0 Å². The van der Waals surface area contributed by atoms with Gasteiger partial charge in [-0.05, 0) is 6.92 Å². The molecular weight excluding hydrogens is 230 g/mol. The van der Waals surface area contributed by atoms with Gasteiger partial charge >= 0.3 is 0 Å². The van der Waals surface area contributed by atoms with Crippen LogP contribution in [0.3, 0.4) is 0 Å². The number of halogens is 1. The number of hydrogen-bond acceptors (Lipinski definition) is 3. The topological polar surface area (TPSA) is 75.4 Å². The summed E-state index contributed by atoms with van der Waals surface area (Å²) in [6, 6.07) is -0.226. The Bertz CT molecular complexity index is 271. The van der Waals surface area contributed by atoms with Gasteiger partial charge < -0.3 is 16.0 Å². The highest BCUT2D eigenvalue weighted by molar-refractivity contribution is 5.85. The first-order chi connectivity index (χ1) is 6.91. The molecule has 0 radical (unpaired) electrons. The summed E-state index contributed by atoms with van der Waals surface area (Å²) in [5.74, 6) is -0.210. The second-order valence-corrected chi connectivity index (χ2v) is 4.33. The van der Waals surface area contributed by atoms with Gasteiger partial charge in [-0.25, -0.2) is 0 Å². The van der Waals surface area contributed by atoms with Gasteiger partial charge in [0.05, 0.1) is 6.04 Å². The summed E-state index contributed by atoms with van der Waals surface area (Å²) in [6.45, 7) is 4.19. The van der Waals surface area contributed by atoms with Crippen LogP contribution in [-0.2, 0) is 9.59 Å². The molecule has 5 nitrogen and oxygen atoms in total. The van der Waals surface area contributed by atoms with Crippen LogP contribution in [0.5, 0.6) is 0 Å². The molecule has 3 N–H and O–H groups in total. The third-order valence-electron chi connectivity index (χ3n) is 2.89. The van der Waals surface area contributed by atoms with Gasteiger partial charge in [-0.3, -0.25) is 9.59 Å². The van der Waals surface area contributed by atoms with Gasteiger partial charge in [-0.15, -0.1) is 12.4 Å². The van der Waals surface area contributed by atoms with Crippen LogP contribution in [0, 0.1) is 5.92 Å². The Morgan fingerprint density at radius 2 is 2.12 bits per heavy atom. The van der Waals surface area contributed by atoms with Crippen LogP contribution >= 0.6 is 12.4 Å². The lowest BCUT2D eigenvalue weighted by Crippen LogP contribution is -2.44. The first-order valence-corrected chi connectivity index (χ1v) is 5.21. The lowest BCUT2D eigenvalue weighted by Gasteiger charge is -2.18. The average molecular weight is 250 g/mol. The maximum Gasteiger partial charge on any atom is 0.224 e. The highest BCUT2D eigenvalue weighted by Gasteiger charge is 2.29. The fourth-order valence-electron chi connectivity index (χ4n) is 1.53. The van der Waals surface area contributed by atoms with Crippen LogP contribution in [0.4, 0.5) is 0 Å². The minimum atomic E-state index is -0.217. The second kappa shape index (κ2) is 6.06. The van der Waals surface area contributed by atoms with E-state index in [4.69, 9.17) is 5.73 Å². The molecule has 1 saturated heterocycles. The number of carbonyl (C=O) groups is 2. The first-order valence-electron chi connectivity index (χ1n) is 5.21. The van der Waals surface area contributed by atoms with Crippen molar-refractivity contribution in [1.82, 2.24) is 10.2 Å². The number of nitrogens with two attached hydrogens (primary N) is 1. The van der Waals surface area contributed by atoms with Crippen molar-refractivity contribution in [3.05, 3.63) is 0 Å². The number of carbonyl (C=O) groups excluding carboxylic acids is 2. The fraction of sp³-hybridized carbons (Fsp3) is 0.800. The standard InChI is InChI=1S/C10H19N3O2.ClH/c1-6(7(2)11)10(15)12-8-4-9(14)13(3)5-8;/h6-8H,4-5,11H2,1-3H3,(H,12,15);1H. The van der Waals surface area contributed by atoms with Crippen molar-refractivity contribution in [1.29, 1.82) is 0 Å². The predicted octanol–water partition coefficient (Wildman–Crippen LogP) is -0.262. The quantitative estimate of drug-likeness (QED) is 0.724. The molecule has 0 saturated carbocycles. The van der Waals surface area contributed by atoms with Crippen molar-refractivity contribution < 1.29 is 9.59 Å². The highest BCUT2D eigenvalue weighted by Crippen LogP contribution is 2.09. The van der Waals surface area contributed by atoms with Gasteiger partial charge in [-0.1, -0.05) is 6.92 Å². The van der Waals surface area contributed by atoms with Crippen molar-refractivity contribution in [3.63, 3.8) is 0 Å². The van der Waals surface area contributed by atoms with E-state index < -0.39 is 0 Å². The van der Waals surface area contributed by atoms with Gasteiger partial charge in [0.25, 0.3) is 0 Å². The van der Waals surface area contributed by atoms with Crippen LogP contribution in [0.15, 0.2) is 0 Å². The smallest absolute Gasteiger partial charge is 0.224 e. The molecule has 1 fully saturated rings. The lowest BCUT2D eigenvalue weighted by molar-refractivity contribution is -0.126. The number of nitrogens with one attached hydrogen (secondary N) is 1. The highest BCUT2D eigenvalue weighted by atomic mass is 35.5. The molecule has 1 heterocycles. The Labute approximate surface area is 102 Å². The molecule has 3 atom stereocenters. The monoisotopic (exact) mass is 249 g/mol. The minimum Gasteiger partial charge on any atom is -0.351 e. The minimum absolute atomic E-state index is 0. The zero-order valence-electron chi connectivity index (χ0n) is 9.90. The molecule has 16 heavy (non-hydrogen) atoms. The molecule has 1 rings (SSSR count). The summed E-state index contributed by atoms with van der Waals surface area (Å²) >= 11 is 0. The molecule has 1 aliphatic rings. The number of rotatable bonds is 3. The third-order valence-corrected chi connectivity index (χ3v) is 2.89. The SMILES string of the molecule is CC(N)C(C)C(=O)NC1CC(=O)N(C)C1.Cl. The van der Waals surface area contributed by atoms with Gasteiger partial charge in [0.15, 0.2) is 0 Å². The average Bonchev–Trinajstić information content (AvgIpc) is 2.44. The predicted molar refractivity (Wildman–Crippen MR) is 64.2 cm³/mol. The molecule has 1 aliphatic heterocycles.